The summed E-state index contributed by atoms with van der Waals surface area (Å²) in [4.78, 5) is 20.5. The predicted molar refractivity (Wildman–Crippen MR) is 102 cm³/mol. The molecule has 0 atom stereocenters. The molecular weight excluding hydrogens is 366 g/mol. The quantitative estimate of drug-likeness (QED) is 0.691. The Balaban J connectivity index is 1.99. The van der Waals surface area contributed by atoms with Crippen LogP contribution in [0.25, 0.3) is 11.3 Å². The Labute approximate surface area is 160 Å². The number of unbranched alkanes of at least 4 members (excludes halogenated alkanes) is 1. The van der Waals surface area contributed by atoms with Crippen molar-refractivity contribution in [1.29, 1.82) is 0 Å². The summed E-state index contributed by atoms with van der Waals surface area (Å²) in [5, 5.41) is 0. The first-order valence-electron chi connectivity index (χ1n) is 8.86. The van der Waals surface area contributed by atoms with E-state index >= 15 is 0 Å². The lowest BCUT2D eigenvalue weighted by Crippen LogP contribution is -2.22. The molecule has 6 nitrogen and oxygen atoms in total. The van der Waals surface area contributed by atoms with E-state index in [1.807, 2.05) is 6.92 Å². The Bertz CT molecular complexity index is 1070. The molecule has 0 saturated carbocycles. The summed E-state index contributed by atoms with van der Waals surface area (Å²) < 4.78 is 33.9. The SMILES string of the molecule is CCCCn1cc(-c2cc(N)nc(Oc3ccc(F)cc3F)n2)cc(C)c1=O. The second-order valence-electron chi connectivity index (χ2n) is 6.40. The molecule has 0 fully saturated rings. The fourth-order valence-corrected chi connectivity index (χ4v) is 2.71. The average Bonchev–Trinajstić information content (AvgIpc) is 2.64. The van der Waals surface area contributed by atoms with Gasteiger partial charge in [-0.25, -0.2) is 8.78 Å². The second kappa shape index (κ2) is 8.16. The van der Waals surface area contributed by atoms with Crippen LogP contribution < -0.4 is 16.0 Å². The van der Waals surface area contributed by atoms with E-state index in [0.29, 0.717) is 29.4 Å². The third-order valence-electron chi connectivity index (χ3n) is 4.13. The van der Waals surface area contributed by atoms with Crippen LogP contribution in [-0.2, 0) is 6.54 Å². The van der Waals surface area contributed by atoms with E-state index in [4.69, 9.17) is 10.5 Å². The molecular formula is C20H20F2N4O2. The van der Waals surface area contributed by atoms with E-state index in [2.05, 4.69) is 9.97 Å². The molecule has 0 unspecified atom stereocenters. The molecule has 0 aliphatic carbocycles. The number of nitrogens with two attached hydrogens (primary N) is 1. The van der Waals surface area contributed by atoms with Crippen molar-refractivity contribution in [3.8, 4) is 23.0 Å². The van der Waals surface area contributed by atoms with E-state index < -0.39 is 11.6 Å². The highest BCUT2D eigenvalue weighted by Crippen LogP contribution is 2.26. The molecule has 2 N–H and O–H groups in total. The van der Waals surface area contributed by atoms with Gasteiger partial charge in [0.15, 0.2) is 11.6 Å². The highest BCUT2D eigenvalue weighted by atomic mass is 19.1. The predicted octanol–water partition coefficient (Wildman–Crippen LogP) is 4.07. The summed E-state index contributed by atoms with van der Waals surface area (Å²) in [6, 6.07) is 5.98. The maximum absolute atomic E-state index is 13.8. The van der Waals surface area contributed by atoms with Crippen molar-refractivity contribution in [3.05, 3.63) is 64.1 Å². The first-order chi connectivity index (χ1) is 13.4. The van der Waals surface area contributed by atoms with E-state index in [9.17, 15) is 13.6 Å². The largest absolute Gasteiger partial charge is 0.421 e. The van der Waals surface area contributed by atoms with Gasteiger partial charge in [-0.05, 0) is 31.5 Å². The van der Waals surface area contributed by atoms with Gasteiger partial charge in [0.2, 0.25) is 0 Å². The van der Waals surface area contributed by atoms with Crippen molar-refractivity contribution in [2.24, 2.45) is 0 Å². The van der Waals surface area contributed by atoms with Gasteiger partial charge in [0, 0.05) is 36.0 Å². The number of anilines is 1. The van der Waals surface area contributed by atoms with E-state index in [0.717, 1.165) is 25.0 Å². The highest BCUT2D eigenvalue weighted by Gasteiger charge is 2.13. The number of aryl methyl sites for hydroxylation is 2. The summed E-state index contributed by atoms with van der Waals surface area (Å²) >= 11 is 0. The summed E-state index contributed by atoms with van der Waals surface area (Å²) in [7, 11) is 0. The van der Waals surface area contributed by atoms with Gasteiger partial charge in [-0.15, -0.1) is 0 Å². The summed E-state index contributed by atoms with van der Waals surface area (Å²) in [5.41, 5.74) is 7.44. The zero-order valence-electron chi connectivity index (χ0n) is 15.6. The number of halogens is 2. The number of benzene rings is 1. The molecule has 0 radical (unpaired) electrons. The Morgan fingerprint density at radius 2 is 1.96 bits per heavy atom. The maximum Gasteiger partial charge on any atom is 0.324 e. The third-order valence-corrected chi connectivity index (χ3v) is 4.13. The Morgan fingerprint density at radius 1 is 1.18 bits per heavy atom. The molecule has 1 aromatic carbocycles. The maximum atomic E-state index is 13.8. The van der Waals surface area contributed by atoms with Crippen LogP contribution in [0, 0.1) is 18.6 Å². The van der Waals surface area contributed by atoms with Crippen molar-refractivity contribution < 1.29 is 13.5 Å². The fraction of sp³-hybridized carbons (Fsp3) is 0.250. The smallest absolute Gasteiger partial charge is 0.324 e. The highest BCUT2D eigenvalue weighted by molar-refractivity contribution is 5.62. The van der Waals surface area contributed by atoms with Crippen molar-refractivity contribution >= 4 is 5.82 Å². The number of hydrogen-bond donors (Lipinski definition) is 1. The van der Waals surface area contributed by atoms with Crippen LogP contribution in [0.1, 0.15) is 25.3 Å². The van der Waals surface area contributed by atoms with Crippen LogP contribution in [0.3, 0.4) is 0 Å². The van der Waals surface area contributed by atoms with Crippen molar-refractivity contribution in [1.82, 2.24) is 14.5 Å². The van der Waals surface area contributed by atoms with Crippen molar-refractivity contribution in [3.63, 3.8) is 0 Å². The van der Waals surface area contributed by atoms with Crippen LogP contribution in [0.2, 0.25) is 0 Å². The number of rotatable bonds is 6. The third kappa shape index (κ3) is 4.33. The summed E-state index contributed by atoms with van der Waals surface area (Å²) in [6.07, 6.45) is 3.53. The lowest BCUT2D eigenvalue weighted by Gasteiger charge is -2.11. The Morgan fingerprint density at radius 3 is 2.68 bits per heavy atom. The van der Waals surface area contributed by atoms with E-state index in [-0.39, 0.29) is 23.1 Å². The molecule has 0 aliphatic heterocycles. The molecule has 2 aromatic heterocycles. The van der Waals surface area contributed by atoms with Gasteiger partial charge in [0.1, 0.15) is 11.6 Å². The summed E-state index contributed by atoms with van der Waals surface area (Å²) in [6.45, 7) is 4.36. The van der Waals surface area contributed by atoms with Gasteiger partial charge in [0.05, 0.1) is 5.69 Å². The van der Waals surface area contributed by atoms with Crippen LogP contribution in [0.15, 0.2) is 41.3 Å². The molecule has 8 heteroatoms. The molecule has 3 aromatic rings. The number of nitrogen functional groups attached to an aromatic ring is 1. The van der Waals surface area contributed by atoms with E-state index in [1.54, 1.807) is 23.8 Å². The van der Waals surface area contributed by atoms with Gasteiger partial charge in [-0.1, -0.05) is 13.3 Å². The molecule has 0 bridgehead atoms. The molecule has 0 saturated heterocycles. The first kappa shape index (κ1) is 19.5. The van der Waals surface area contributed by atoms with Crippen LogP contribution >= 0.6 is 0 Å². The Kier molecular flexibility index (Phi) is 5.67. The zero-order valence-corrected chi connectivity index (χ0v) is 15.6. The molecule has 0 amide bonds. The van der Waals surface area contributed by atoms with E-state index in [1.165, 1.54) is 6.07 Å². The van der Waals surface area contributed by atoms with Gasteiger partial charge in [0.25, 0.3) is 5.56 Å². The summed E-state index contributed by atoms with van der Waals surface area (Å²) in [5.74, 6) is -1.70. The van der Waals surface area contributed by atoms with Crippen molar-refractivity contribution in [2.75, 3.05) is 5.73 Å². The lowest BCUT2D eigenvalue weighted by molar-refractivity contribution is 0.409. The number of pyridine rings is 1. The van der Waals surface area contributed by atoms with Gasteiger partial charge in [-0.2, -0.15) is 9.97 Å². The minimum atomic E-state index is -0.878. The normalized spacial score (nSPS) is 10.9. The molecule has 2 heterocycles. The number of aromatic nitrogens is 3. The van der Waals surface area contributed by atoms with Crippen LogP contribution in [-0.4, -0.2) is 14.5 Å². The monoisotopic (exact) mass is 386 g/mol. The zero-order chi connectivity index (χ0) is 20.3. The fourth-order valence-electron chi connectivity index (χ4n) is 2.71. The number of ether oxygens (including phenoxy) is 1. The molecule has 0 aliphatic rings. The number of nitrogens with zero attached hydrogens (tertiary/aromatic N) is 3. The number of hydrogen-bond acceptors (Lipinski definition) is 5. The van der Waals surface area contributed by atoms with Crippen molar-refractivity contribution in [2.45, 2.75) is 33.2 Å². The van der Waals surface area contributed by atoms with Gasteiger partial charge < -0.3 is 15.0 Å². The first-order valence-corrected chi connectivity index (χ1v) is 8.86. The lowest BCUT2D eigenvalue weighted by atomic mass is 10.1. The molecule has 28 heavy (non-hydrogen) atoms. The van der Waals surface area contributed by atoms with Crippen LogP contribution in [0.5, 0.6) is 11.8 Å². The molecule has 146 valence electrons. The molecule has 0 spiro atoms. The van der Waals surface area contributed by atoms with Gasteiger partial charge in [-0.3, -0.25) is 4.79 Å². The second-order valence-corrected chi connectivity index (χ2v) is 6.40. The Hall–Kier alpha value is -3.29. The topological polar surface area (TPSA) is 83.0 Å². The average molecular weight is 386 g/mol. The van der Waals surface area contributed by atoms with Crippen LogP contribution in [0.4, 0.5) is 14.6 Å². The van der Waals surface area contributed by atoms with Gasteiger partial charge >= 0.3 is 6.01 Å². The molecule has 3 rings (SSSR count). The minimum absolute atomic E-state index is 0.0657. The minimum Gasteiger partial charge on any atom is -0.421 e. The standard InChI is InChI=1S/C20H20F2N4O2/c1-3-4-7-26-11-13(8-12(2)19(26)27)16-10-18(23)25-20(24-16)28-17-6-5-14(21)9-15(17)22/h5-6,8-11H,3-4,7H2,1-2H3,(H2,23,24,25).